The normalized spacial score (nSPS) is 14.0. The van der Waals surface area contributed by atoms with Crippen molar-refractivity contribution in [1.82, 2.24) is 9.88 Å². The van der Waals surface area contributed by atoms with Crippen LogP contribution in [0.4, 0.5) is 13.2 Å². The number of hydrogen-bond acceptors (Lipinski definition) is 4. The summed E-state index contributed by atoms with van der Waals surface area (Å²) < 4.78 is 46.5. The monoisotopic (exact) mass is 414 g/mol. The zero-order chi connectivity index (χ0) is 21.1. The minimum atomic E-state index is -4.75. The molecule has 1 amide bonds. The molecule has 2 aromatic carbocycles. The van der Waals surface area contributed by atoms with Crippen LogP contribution in [0.15, 0.2) is 66.9 Å². The highest BCUT2D eigenvalue weighted by molar-refractivity contribution is 5.97. The Labute approximate surface area is 170 Å². The van der Waals surface area contributed by atoms with E-state index in [9.17, 15) is 18.0 Å². The smallest absolute Gasteiger partial charge is 0.475 e. The summed E-state index contributed by atoms with van der Waals surface area (Å²) in [5, 5.41) is 0. The lowest BCUT2D eigenvalue weighted by Gasteiger charge is -2.20. The van der Waals surface area contributed by atoms with Gasteiger partial charge in [0.15, 0.2) is 0 Å². The minimum Gasteiger partial charge on any atom is -0.475 e. The highest BCUT2D eigenvalue weighted by Gasteiger charge is 2.31. The molecule has 0 radical (unpaired) electrons. The van der Waals surface area contributed by atoms with Crippen molar-refractivity contribution in [2.75, 3.05) is 13.2 Å². The summed E-state index contributed by atoms with van der Waals surface area (Å²) in [5.41, 5.74) is 2.51. The highest BCUT2D eigenvalue weighted by Crippen LogP contribution is 2.30. The van der Waals surface area contributed by atoms with E-state index in [0.29, 0.717) is 36.4 Å². The van der Waals surface area contributed by atoms with Gasteiger partial charge in [0.1, 0.15) is 17.9 Å². The van der Waals surface area contributed by atoms with Gasteiger partial charge in [-0.15, -0.1) is 13.2 Å². The van der Waals surface area contributed by atoms with Gasteiger partial charge < -0.3 is 14.4 Å². The fourth-order valence-electron chi connectivity index (χ4n) is 3.21. The summed E-state index contributed by atoms with van der Waals surface area (Å²) in [6.45, 7) is 1.18. The van der Waals surface area contributed by atoms with Gasteiger partial charge in [-0.2, -0.15) is 0 Å². The van der Waals surface area contributed by atoms with Gasteiger partial charge in [-0.3, -0.25) is 4.79 Å². The van der Waals surface area contributed by atoms with Crippen molar-refractivity contribution in [2.45, 2.75) is 12.9 Å². The summed E-state index contributed by atoms with van der Waals surface area (Å²) >= 11 is 0. The summed E-state index contributed by atoms with van der Waals surface area (Å²) in [4.78, 5) is 19.0. The van der Waals surface area contributed by atoms with Gasteiger partial charge in [0, 0.05) is 18.3 Å². The van der Waals surface area contributed by atoms with Crippen LogP contribution in [-0.2, 0) is 6.54 Å². The van der Waals surface area contributed by atoms with E-state index in [1.165, 1.54) is 30.5 Å². The summed E-state index contributed by atoms with van der Waals surface area (Å²) in [7, 11) is 0. The molecule has 0 saturated heterocycles. The molecule has 1 aromatic heterocycles. The van der Waals surface area contributed by atoms with E-state index in [-0.39, 0.29) is 17.5 Å². The van der Waals surface area contributed by atoms with E-state index < -0.39 is 6.36 Å². The molecule has 8 heteroatoms. The first-order valence-electron chi connectivity index (χ1n) is 9.21. The number of hydrogen-bond donors (Lipinski definition) is 0. The lowest BCUT2D eigenvalue weighted by Crippen LogP contribution is -2.31. The molecule has 0 aliphatic carbocycles. The first kappa shape index (κ1) is 19.8. The van der Waals surface area contributed by atoms with Crippen LogP contribution in [-0.4, -0.2) is 35.3 Å². The van der Waals surface area contributed by atoms with Crippen molar-refractivity contribution in [3.8, 4) is 22.8 Å². The summed E-state index contributed by atoms with van der Waals surface area (Å²) in [5.74, 6) is -0.281. The molecule has 30 heavy (non-hydrogen) atoms. The molecule has 0 fully saturated rings. The minimum absolute atomic E-state index is 0.210. The number of fused-ring (bicyclic) bond motifs is 1. The first-order valence-corrected chi connectivity index (χ1v) is 9.21. The number of ether oxygens (including phenoxy) is 2. The number of halogens is 3. The second-order valence-electron chi connectivity index (χ2n) is 6.71. The predicted molar refractivity (Wildman–Crippen MR) is 103 cm³/mol. The molecular formula is C22H17F3N2O3. The Morgan fingerprint density at radius 1 is 1.03 bits per heavy atom. The van der Waals surface area contributed by atoms with Gasteiger partial charge in [0.2, 0.25) is 5.88 Å². The van der Waals surface area contributed by atoms with Gasteiger partial charge in [0.05, 0.1) is 6.54 Å². The number of amides is 1. The second-order valence-corrected chi connectivity index (χ2v) is 6.71. The average Bonchev–Trinajstić information content (AvgIpc) is 2.87. The fraction of sp³-hybridized carbons (Fsp3) is 0.182. The summed E-state index contributed by atoms with van der Waals surface area (Å²) in [6, 6.07) is 16.7. The quantitative estimate of drug-likeness (QED) is 0.622. The van der Waals surface area contributed by atoms with Gasteiger partial charge >= 0.3 is 6.36 Å². The van der Waals surface area contributed by atoms with E-state index in [1.54, 1.807) is 11.0 Å². The molecule has 0 spiro atoms. The molecule has 2 heterocycles. The van der Waals surface area contributed by atoms with E-state index >= 15 is 0 Å². The molecule has 0 saturated carbocycles. The maximum Gasteiger partial charge on any atom is 0.573 e. The van der Waals surface area contributed by atoms with Gasteiger partial charge in [-0.05, 0) is 29.3 Å². The average molecular weight is 414 g/mol. The number of benzene rings is 2. The number of pyridine rings is 1. The molecule has 0 unspecified atom stereocenters. The van der Waals surface area contributed by atoms with E-state index in [2.05, 4.69) is 9.72 Å². The summed E-state index contributed by atoms with van der Waals surface area (Å²) in [6.07, 6.45) is -3.22. The number of aromatic nitrogens is 1. The maximum atomic E-state index is 13.1. The van der Waals surface area contributed by atoms with Crippen LogP contribution in [0.3, 0.4) is 0 Å². The van der Waals surface area contributed by atoms with Crippen molar-refractivity contribution in [3.63, 3.8) is 0 Å². The Kier molecular flexibility index (Phi) is 5.31. The van der Waals surface area contributed by atoms with E-state index in [0.717, 1.165) is 5.56 Å². The molecule has 1 aliphatic heterocycles. The third-order valence-corrected chi connectivity index (χ3v) is 4.61. The van der Waals surface area contributed by atoms with Crippen LogP contribution in [0, 0.1) is 0 Å². The Bertz CT molecular complexity index is 1040. The molecule has 0 atom stereocenters. The van der Waals surface area contributed by atoms with Crippen LogP contribution in [0.1, 0.15) is 15.9 Å². The Morgan fingerprint density at radius 3 is 2.47 bits per heavy atom. The van der Waals surface area contributed by atoms with Crippen molar-refractivity contribution in [1.29, 1.82) is 0 Å². The molecule has 0 N–H and O–H groups in total. The van der Waals surface area contributed by atoms with Crippen LogP contribution >= 0.6 is 0 Å². The van der Waals surface area contributed by atoms with Crippen molar-refractivity contribution in [3.05, 3.63) is 78.0 Å². The largest absolute Gasteiger partial charge is 0.573 e. The lowest BCUT2D eigenvalue weighted by atomic mass is 10.0. The molecule has 4 rings (SSSR count). The molecule has 3 aromatic rings. The van der Waals surface area contributed by atoms with Crippen molar-refractivity contribution < 1.29 is 27.4 Å². The fourth-order valence-corrected chi connectivity index (χ4v) is 3.21. The van der Waals surface area contributed by atoms with E-state index in [4.69, 9.17) is 4.74 Å². The molecule has 154 valence electrons. The van der Waals surface area contributed by atoms with Crippen molar-refractivity contribution in [2.24, 2.45) is 0 Å². The van der Waals surface area contributed by atoms with Gasteiger partial charge in [0.25, 0.3) is 5.91 Å². The second kappa shape index (κ2) is 8.06. The lowest BCUT2D eigenvalue weighted by molar-refractivity contribution is -0.274. The van der Waals surface area contributed by atoms with Crippen LogP contribution in [0.25, 0.3) is 11.1 Å². The Hall–Kier alpha value is -3.55. The van der Waals surface area contributed by atoms with Crippen LogP contribution in [0.5, 0.6) is 11.6 Å². The number of nitrogens with zero attached hydrogens (tertiary/aromatic N) is 2. The van der Waals surface area contributed by atoms with Crippen molar-refractivity contribution >= 4 is 5.91 Å². The highest BCUT2D eigenvalue weighted by atomic mass is 19.4. The number of carbonyl (C=O) groups excluding carboxylic acids is 1. The Morgan fingerprint density at radius 2 is 1.77 bits per heavy atom. The SMILES string of the molecule is O=C1c2cc(-c3ccc(OC(F)(F)F)cc3)cnc2OCCN1Cc1ccccc1. The predicted octanol–water partition coefficient (Wildman–Crippen LogP) is 4.68. The number of carbonyl (C=O) groups is 1. The van der Waals surface area contributed by atoms with E-state index in [1.807, 2.05) is 30.3 Å². The third-order valence-electron chi connectivity index (χ3n) is 4.61. The van der Waals surface area contributed by atoms with Gasteiger partial charge in [-0.1, -0.05) is 42.5 Å². The molecule has 1 aliphatic rings. The topological polar surface area (TPSA) is 51.7 Å². The van der Waals surface area contributed by atoms with Gasteiger partial charge in [-0.25, -0.2) is 4.98 Å². The third kappa shape index (κ3) is 4.53. The standard InChI is InChI=1S/C22H17F3N2O3/c23-22(24,25)30-18-8-6-16(7-9-18)17-12-19-20(26-13-17)29-11-10-27(21(19)28)14-15-4-2-1-3-5-15/h1-9,12-13H,10-11,14H2. The zero-order valence-corrected chi connectivity index (χ0v) is 15.7. The number of alkyl halides is 3. The first-order chi connectivity index (χ1) is 14.4. The Balaban J connectivity index is 1.59. The molecular weight excluding hydrogens is 397 g/mol. The molecule has 5 nitrogen and oxygen atoms in total. The van der Waals surface area contributed by atoms with Crippen LogP contribution < -0.4 is 9.47 Å². The molecule has 0 bridgehead atoms. The zero-order valence-electron chi connectivity index (χ0n) is 15.7. The van der Waals surface area contributed by atoms with Crippen LogP contribution in [0.2, 0.25) is 0 Å². The maximum absolute atomic E-state index is 13.1. The number of rotatable bonds is 4.